The molecule has 0 aliphatic heterocycles. The number of hydrogen-bond acceptors (Lipinski definition) is 2. The summed E-state index contributed by atoms with van der Waals surface area (Å²) in [5, 5.41) is 4.62. The van der Waals surface area contributed by atoms with Crippen LogP contribution in [0, 0.1) is 0 Å². The molecule has 70 valence electrons. The van der Waals surface area contributed by atoms with Crippen molar-refractivity contribution in [3.05, 3.63) is 55.1 Å². The Morgan fingerprint density at radius 3 is 2.64 bits per heavy atom. The Bertz CT molecular complexity index is 423. The normalized spacial score (nSPS) is 9.43. The van der Waals surface area contributed by atoms with E-state index in [1.807, 2.05) is 18.3 Å². The molecule has 0 radical (unpaired) electrons. The predicted octanol–water partition coefficient (Wildman–Crippen LogP) is 2.84. The molecule has 0 saturated carbocycles. The highest BCUT2D eigenvalue weighted by Gasteiger charge is 1.86. The van der Waals surface area contributed by atoms with Crippen molar-refractivity contribution >= 4 is 10.9 Å². The zero-order chi connectivity index (χ0) is 9.64. The summed E-state index contributed by atoms with van der Waals surface area (Å²) in [6.45, 7) is 0. The molecule has 14 heavy (non-hydrogen) atoms. The molecule has 0 atom stereocenters. The Balaban J connectivity index is 0.000000128. The SMILES string of the molecule is c1ccc2[nH]ccc2c1.c1cnoc1. The molecule has 2 aromatic heterocycles. The molecule has 3 aromatic rings. The Morgan fingerprint density at radius 1 is 1.07 bits per heavy atom. The lowest BCUT2D eigenvalue weighted by Gasteiger charge is -1.83. The average Bonchev–Trinajstić information content (AvgIpc) is 2.92. The molecule has 0 aliphatic carbocycles. The number of para-hydroxylation sites is 1. The lowest BCUT2D eigenvalue weighted by molar-refractivity contribution is 0.420. The third kappa shape index (κ3) is 2.01. The average molecular weight is 186 g/mol. The molecule has 1 N–H and O–H groups in total. The number of H-pyrrole nitrogens is 1. The zero-order valence-corrected chi connectivity index (χ0v) is 7.55. The monoisotopic (exact) mass is 186 g/mol. The van der Waals surface area contributed by atoms with E-state index in [-0.39, 0.29) is 0 Å². The summed E-state index contributed by atoms with van der Waals surface area (Å²) in [6.07, 6.45) is 5.05. The Morgan fingerprint density at radius 2 is 2.00 bits per heavy atom. The van der Waals surface area contributed by atoms with Gasteiger partial charge in [0.05, 0.1) is 6.20 Å². The minimum atomic E-state index is 1.21. The van der Waals surface area contributed by atoms with Crippen molar-refractivity contribution in [2.24, 2.45) is 0 Å². The quantitative estimate of drug-likeness (QED) is 0.586. The molecule has 0 fully saturated rings. The lowest BCUT2D eigenvalue weighted by Crippen LogP contribution is -1.61. The van der Waals surface area contributed by atoms with Crippen LogP contribution in [-0.4, -0.2) is 10.1 Å². The van der Waals surface area contributed by atoms with E-state index in [2.05, 4.69) is 32.9 Å². The second kappa shape index (κ2) is 4.28. The van der Waals surface area contributed by atoms with Gasteiger partial charge < -0.3 is 9.51 Å². The van der Waals surface area contributed by atoms with Crippen LogP contribution in [0.3, 0.4) is 0 Å². The van der Waals surface area contributed by atoms with Gasteiger partial charge in [0.2, 0.25) is 0 Å². The molecule has 3 heteroatoms. The molecule has 0 spiro atoms. The van der Waals surface area contributed by atoms with Crippen molar-refractivity contribution in [2.45, 2.75) is 0 Å². The first-order chi connectivity index (χ1) is 6.97. The van der Waals surface area contributed by atoms with E-state index in [1.165, 1.54) is 17.2 Å². The second-order valence-corrected chi connectivity index (χ2v) is 2.75. The predicted molar refractivity (Wildman–Crippen MR) is 54.8 cm³/mol. The number of rotatable bonds is 0. The van der Waals surface area contributed by atoms with Crippen LogP contribution in [0.15, 0.2) is 59.6 Å². The van der Waals surface area contributed by atoms with Crippen LogP contribution in [0.1, 0.15) is 0 Å². The van der Waals surface area contributed by atoms with Gasteiger partial charge in [-0.15, -0.1) is 0 Å². The van der Waals surface area contributed by atoms with Gasteiger partial charge in [-0.1, -0.05) is 23.4 Å². The first kappa shape index (κ1) is 8.56. The summed E-state index contributed by atoms with van der Waals surface area (Å²) in [4.78, 5) is 3.12. The van der Waals surface area contributed by atoms with Crippen LogP contribution in [0.25, 0.3) is 10.9 Å². The fourth-order valence-corrected chi connectivity index (χ4v) is 1.17. The molecule has 0 bridgehead atoms. The highest BCUT2D eigenvalue weighted by Crippen LogP contribution is 2.09. The molecule has 1 aromatic carbocycles. The smallest absolute Gasteiger partial charge is 0.123 e. The maximum Gasteiger partial charge on any atom is 0.123 e. The number of nitrogens with one attached hydrogen (secondary N) is 1. The molecule has 2 heterocycles. The molecule has 0 amide bonds. The van der Waals surface area contributed by atoms with E-state index < -0.39 is 0 Å². The van der Waals surface area contributed by atoms with Crippen LogP contribution in [-0.2, 0) is 0 Å². The van der Waals surface area contributed by atoms with Gasteiger partial charge in [0.15, 0.2) is 0 Å². The van der Waals surface area contributed by atoms with Crippen molar-refractivity contribution in [1.82, 2.24) is 10.1 Å². The number of benzene rings is 1. The highest BCUT2D eigenvalue weighted by atomic mass is 16.5. The van der Waals surface area contributed by atoms with Gasteiger partial charge in [-0.3, -0.25) is 0 Å². The van der Waals surface area contributed by atoms with E-state index >= 15 is 0 Å². The van der Waals surface area contributed by atoms with Gasteiger partial charge in [-0.25, -0.2) is 0 Å². The minimum absolute atomic E-state index is 1.21. The standard InChI is InChI=1S/C8H7N.C3H3NO/c1-2-4-8-7(3-1)5-6-9-8;1-2-4-5-3-1/h1-6,9H;1-3H. The molecular formula is C11H10N2O. The van der Waals surface area contributed by atoms with Gasteiger partial charge in [0, 0.05) is 11.7 Å². The maximum absolute atomic E-state index is 4.33. The minimum Gasteiger partial charge on any atom is -0.365 e. The van der Waals surface area contributed by atoms with E-state index in [0.717, 1.165) is 0 Å². The molecule has 0 aliphatic rings. The van der Waals surface area contributed by atoms with Crippen LogP contribution < -0.4 is 0 Å². The van der Waals surface area contributed by atoms with E-state index in [0.29, 0.717) is 0 Å². The topological polar surface area (TPSA) is 41.8 Å². The largest absolute Gasteiger partial charge is 0.365 e. The van der Waals surface area contributed by atoms with Crippen LogP contribution in [0.2, 0.25) is 0 Å². The Labute approximate surface area is 81.4 Å². The van der Waals surface area contributed by atoms with Crippen LogP contribution >= 0.6 is 0 Å². The zero-order valence-electron chi connectivity index (χ0n) is 7.55. The third-order valence-corrected chi connectivity index (χ3v) is 1.81. The summed E-state index contributed by atoms with van der Waals surface area (Å²) >= 11 is 0. The van der Waals surface area contributed by atoms with Crippen molar-refractivity contribution in [1.29, 1.82) is 0 Å². The molecule has 3 rings (SSSR count). The number of nitrogens with zero attached hydrogens (tertiary/aromatic N) is 1. The summed E-state index contributed by atoms with van der Waals surface area (Å²) in [5.74, 6) is 0. The maximum atomic E-state index is 4.33. The first-order valence-corrected chi connectivity index (χ1v) is 4.33. The van der Waals surface area contributed by atoms with Crippen molar-refractivity contribution in [2.75, 3.05) is 0 Å². The summed E-state index contributed by atoms with van der Waals surface area (Å²) in [5.41, 5.74) is 1.21. The second-order valence-electron chi connectivity index (χ2n) is 2.75. The van der Waals surface area contributed by atoms with Gasteiger partial charge in [0.25, 0.3) is 0 Å². The van der Waals surface area contributed by atoms with E-state index in [1.54, 1.807) is 12.3 Å². The number of aromatic amines is 1. The van der Waals surface area contributed by atoms with Crippen molar-refractivity contribution in [3.63, 3.8) is 0 Å². The lowest BCUT2D eigenvalue weighted by atomic mass is 10.3. The van der Waals surface area contributed by atoms with E-state index in [9.17, 15) is 0 Å². The molecular weight excluding hydrogens is 176 g/mol. The van der Waals surface area contributed by atoms with Crippen LogP contribution in [0.4, 0.5) is 0 Å². The van der Waals surface area contributed by atoms with Gasteiger partial charge in [0.1, 0.15) is 6.26 Å². The number of aromatic nitrogens is 2. The fourth-order valence-electron chi connectivity index (χ4n) is 1.17. The Hall–Kier alpha value is -2.03. The molecule has 3 nitrogen and oxygen atoms in total. The van der Waals surface area contributed by atoms with Crippen molar-refractivity contribution < 1.29 is 4.52 Å². The van der Waals surface area contributed by atoms with Gasteiger partial charge in [-0.2, -0.15) is 0 Å². The van der Waals surface area contributed by atoms with Crippen molar-refractivity contribution in [3.8, 4) is 0 Å². The summed E-state index contributed by atoms with van der Waals surface area (Å²) < 4.78 is 4.33. The summed E-state index contributed by atoms with van der Waals surface area (Å²) in [6, 6.07) is 12.0. The van der Waals surface area contributed by atoms with E-state index in [4.69, 9.17) is 0 Å². The summed E-state index contributed by atoms with van der Waals surface area (Å²) in [7, 11) is 0. The van der Waals surface area contributed by atoms with Gasteiger partial charge >= 0.3 is 0 Å². The third-order valence-electron chi connectivity index (χ3n) is 1.81. The van der Waals surface area contributed by atoms with Crippen LogP contribution in [0.5, 0.6) is 0 Å². The molecule has 0 saturated heterocycles. The Kier molecular flexibility index (Phi) is 2.62. The fraction of sp³-hybridized carbons (Fsp3) is 0. The highest BCUT2D eigenvalue weighted by molar-refractivity contribution is 5.78. The molecule has 0 unspecified atom stereocenters. The first-order valence-electron chi connectivity index (χ1n) is 4.33. The van der Waals surface area contributed by atoms with Gasteiger partial charge in [-0.05, 0) is 23.6 Å². The number of fused-ring (bicyclic) bond motifs is 1. The number of hydrogen-bond donors (Lipinski definition) is 1.